The molecule has 554 valence electrons. The van der Waals surface area contributed by atoms with E-state index in [0.717, 1.165) is 64.2 Å². The predicted octanol–water partition coefficient (Wildman–Crippen LogP) is 22.5. The molecule has 7 atom stereocenters. The SMILES string of the molecule is CCCCCC/C=C/CC/C=C/CC/C=C/C(O)C(COC1OC(CO)C(O)C(O)C1O)NC(=O)CCCCCCCCCCCCCCCCCCCCCCCCCCCCCCCCCCCCCCCCCOC(=O)CCCCCCCCCCCCCCC. The number of carbonyl (C=O) groups is 2. The van der Waals surface area contributed by atoms with Crippen LogP contribution >= 0.6 is 0 Å². The molecule has 94 heavy (non-hydrogen) atoms. The molecule has 0 spiro atoms. The molecule has 1 saturated heterocycles. The van der Waals surface area contributed by atoms with E-state index in [1.165, 1.54) is 327 Å². The van der Waals surface area contributed by atoms with Crippen LogP contribution in [0.1, 0.15) is 418 Å². The summed E-state index contributed by atoms with van der Waals surface area (Å²) >= 11 is 0. The van der Waals surface area contributed by atoms with E-state index in [1.54, 1.807) is 6.08 Å². The molecule has 0 aromatic rings. The number of aliphatic hydroxyl groups excluding tert-OH is 5. The molecule has 0 radical (unpaired) electrons. The van der Waals surface area contributed by atoms with Gasteiger partial charge in [0.05, 0.1) is 32.0 Å². The number of carbonyl (C=O) groups excluding carboxylic acids is 2. The number of esters is 1. The Morgan fingerprint density at radius 1 is 0.383 bits per heavy atom. The van der Waals surface area contributed by atoms with Gasteiger partial charge in [-0.3, -0.25) is 9.59 Å². The van der Waals surface area contributed by atoms with Crippen LogP contribution in [-0.4, -0.2) is 100 Å². The molecule has 1 aliphatic heterocycles. The molecule has 1 amide bonds. The number of hydrogen-bond donors (Lipinski definition) is 6. The molecule has 0 aliphatic carbocycles. The quantitative estimate of drug-likeness (QED) is 0.0195. The lowest BCUT2D eigenvalue weighted by Crippen LogP contribution is -2.60. The third-order valence-electron chi connectivity index (χ3n) is 19.7. The maximum Gasteiger partial charge on any atom is 0.305 e. The molecule has 1 aliphatic rings. The number of nitrogens with one attached hydrogen (secondary N) is 1. The zero-order valence-corrected chi connectivity index (χ0v) is 62.0. The van der Waals surface area contributed by atoms with Crippen molar-refractivity contribution in [2.24, 2.45) is 0 Å². The Morgan fingerprint density at radius 2 is 0.691 bits per heavy atom. The molecule has 0 aromatic heterocycles. The van der Waals surface area contributed by atoms with Gasteiger partial charge in [-0.1, -0.05) is 384 Å². The van der Waals surface area contributed by atoms with Gasteiger partial charge in [0, 0.05) is 12.8 Å². The summed E-state index contributed by atoms with van der Waals surface area (Å²) in [6.07, 6.45) is 84.8. The molecule has 11 nitrogen and oxygen atoms in total. The molecule has 7 unspecified atom stereocenters. The molecule has 6 N–H and O–H groups in total. The van der Waals surface area contributed by atoms with Gasteiger partial charge in [-0.15, -0.1) is 0 Å². The van der Waals surface area contributed by atoms with Gasteiger partial charge in [0.2, 0.25) is 5.91 Å². The van der Waals surface area contributed by atoms with Crippen LogP contribution in [0.4, 0.5) is 0 Å². The zero-order valence-electron chi connectivity index (χ0n) is 62.0. The standard InChI is InChI=1S/C83H157NO10/c1-3-5-7-9-11-13-15-17-46-49-53-57-61-65-69-76(86)75(74-93-83-82(91)81(90)80(89)77(73-85)94-83)84-78(87)70-66-62-58-54-50-47-43-41-39-37-35-33-31-29-27-25-23-21-19-18-20-22-24-26-28-30-32-34-36-38-40-42-44-48-52-56-60-64-68-72-92-79(88)71-67-63-59-55-51-45-16-14-12-10-8-6-4-2/h13,15,49,53,65,69,75-77,80-83,85-86,89-91H,3-12,14,16-48,50-52,54-64,66-68,70-74H2,1-2H3,(H,84,87)/b15-13+,53-49+,69-65+. The largest absolute Gasteiger partial charge is 0.466 e. The maximum absolute atomic E-state index is 13.1. The monoisotopic (exact) mass is 1330 g/mol. The van der Waals surface area contributed by atoms with Gasteiger partial charge in [-0.2, -0.15) is 0 Å². The van der Waals surface area contributed by atoms with Crippen molar-refractivity contribution in [2.75, 3.05) is 19.8 Å². The lowest BCUT2D eigenvalue weighted by molar-refractivity contribution is -0.302. The van der Waals surface area contributed by atoms with Crippen LogP contribution in [0, 0.1) is 0 Å². The van der Waals surface area contributed by atoms with Crippen molar-refractivity contribution in [3.05, 3.63) is 36.5 Å². The summed E-state index contributed by atoms with van der Waals surface area (Å²) in [5.41, 5.74) is 0. The maximum atomic E-state index is 13.1. The Bertz CT molecular complexity index is 1660. The van der Waals surface area contributed by atoms with Crippen molar-refractivity contribution < 1.29 is 49.3 Å². The van der Waals surface area contributed by atoms with Gasteiger partial charge < -0.3 is 45.1 Å². The lowest BCUT2D eigenvalue weighted by atomic mass is 9.99. The van der Waals surface area contributed by atoms with Gasteiger partial charge in [-0.25, -0.2) is 0 Å². The Hall–Kier alpha value is -2.12. The number of rotatable bonds is 74. The number of ether oxygens (including phenoxy) is 3. The number of unbranched alkanes of at least 4 members (excludes halogenated alkanes) is 56. The van der Waals surface area contributed by atoms with E-state index in [4.69, 9.17) is 14.2 Å². The molecule has 1 fully saturated rings. The third-order valence-corrected chi connectivity index (χ3v) is 19.7. The number of amides is 1. The third kappa shape index (κ3) is 59.9. The van der Waals surface area contributed by atoms with Crippen LogP contribution in [0.15, 0.2) is 36.5 Å². The molecule has 1 heterocycles. The number of hydrogen-bond acceptors (Lipinski definition) is 10. The first-order valence-corrected chi connectivity index (χ1v) is 41.3. The Labute approximate surface area is 581 Å². The van der Waals surface area contributed by atoms with E-state index < -0.39 is 49.5 Å². The molecule has 0 aromatic carbocycles. The Morgan fingerprint density at radius 3 is 1.05 bits per heavy atom. The van der Waals surface area contributed by atoms with Crippen molar-refractivity contribution in [2.45, 2.75) is 461 Å². The molecular weight excluding hydrogens is 1170 g/mol. The fourth-order valence-corrected chi connectivity index (χ4v) is 13.3. The van der Waals surface area contributed by atoms with Crippen LogP contribution in [0.3, 0.4) is 0 Å². The summed E-state index contributed by atoms with van der Waals surface area (Å²) in [6, 6.07) is -0.830. The van der Waals surface area contributed by atoms with E-state index in [2.05, 4.69) is 43.5 Å². The van der Waals surface area contributed by atoms with Crippen LogP contribution in [-0.2, 0) is 23.8 Å². The first kappa shape index (κ1) is 89.9. The fraction of sp³-hybridized carbons (Fsp3) is 0.904. The van der Waals surface area contributed by atoms with Gasteiger partial charge in [-0.05, 0) is 57.8 Å². The second-order valence-corrected chi connectivity index (χ2v) is 28.8. The molecular formula is C83H157NO10. The summed E-state index contributed by atoms with van der Waals surface area (Å²) in [4.78, 5) is 25.2. The number of aliphatic hydroxyl groups is 5. The minimum absolute atomic E-state index is 0.0204. The normalized spacial score (nSPS) is 17.5. The fourth-order valence-electron chi connectivity index (χ4n) is 13.3. The highest BCUT2D eigenvalue weighted by Gasteiger charge is 2.44. The summed E-state index contributed by atoms with van der Waals surface area (Å²) < 4.78 is 16.8. The van der Waals surface area contributed by atoms with Crippen LogP contribution < -0.4 is 5.32 Å². The van der Waals surface area contributed by atoms with Crippen molar-refractivity contribution in [3.8, 4) is 0 Å². The van der Waals surface area contributed by atoms with E-state index in [9.17, 15) is 35.1 Å². The van der Waals surface area contributed by atoms with E-state index in [0.29, 0.717) is 19.4 Å². The second kappa shape index (κ2) is 72.1. The lowest BCUT2D eigenvalue weighted by Gasteiger charge is -2.40. The summed E-state index contributed by atoms with van der Waals surface area (Å²) in [7, 11) is 0. The van der Waals surface area contributed by atoms with Crippen LogP contribution in [0.5, 0.6) is 0 Å². The van der Waals surface area contributed by atoms with Crippen molar-refractivity contribution in [3.63, 3.8) is 0 Å². The van der Waals surface area contributed by atoms with Crippen LogP contribution in [0.2, 0.25) is 0 Å². The van der Waals surface area contributed by atoms with E-state index in [1.807, 2.05) is 6.08 Å². The van der Waals surface area contributed by atoms with E-state index in [-0.39, 0.29) is 18.5 Å². The minimum atomic E-state index is -1.58. The van der Waals surface area contributed by atoms with Crippen LogP contribution in [0.25, 0.3) is 0 Å². The Balaban J connectivity index is 1.88. The summed E-state index contributed by atoms with van der Waals surface area (Å²) in [6.45, 7) is 4.36. The predicted molar refractivity (Wildman–Crippen MR) is 398 cm³/mol. The topological polar surface area (TPSA) is 175 Å². The highest BCUT2D eigenvalue weighted by atomic mass is 16.7. The van der Waals surface area contributed by atoms with Gasteiger partial charge >= 0.3 is 5.97 Å². The van der Waals surface area contributed by atoms with Gasteiger partial charge in [0.25, 0.3) is 0 Å². The number of allylic oxidation sites excluding steroid dienone is 5. The smallest absolute Gasteiger partial charge is 0.305 e. The van der Waals surface area contributed by atoms with Crippen molar-refractivity contribution in [1.29, 1.82) is 0 Å². The average Bonchev–Trinajstić information content (AvgIpc) is 0.876. The summed E-state index contributed by atoms with van der Waals surface area (Å²) in [5, 5.41) is 54.6. The first-order chi connectivity index (χ1) is 46.2. The van der Waals surface area contributed by atoms with E-state index >= 15 is 0 Å². The molecule has 0 saturated carbocycles. The molecule has 11 heteroatoms. The highest BCUT2D eigenvalue weighted by molar-refractivity contribution is 5.76. The minimum Gasteiger partial charge on any atom is -0.466 e. The first-order valence-electron chi connectivity index (χ1n) is 41.3. The average molecular weight is 1330 g/mol. The van der Waals surface area contributed by atoms with Crippen molar-refractivity contribution >= 4 is 11.9 Å². The zero-order chi connectivity index (χ0) is 67.9. The van der Waals surface area contributed by atoms with Gasteiger partial charge in [0.1, 0.15) is 24.4 Å². The summed E-state index contributed by atoms with van der Waals surface area (Å²) in [5.74, 6) is -0.168. The Kier molecular flexibility index (Phi) is 69.0. The second-order valence-electron chi connectivity index (χ2n) is 28.8. The highest BCUT2D eigenvalue weighted by Crippen LogP contribution is 2.24. The molecule has 0 bridgehead atoms. The van der Waals surface area contributed by atoms with Gasteiger partial charge in [0.15, 0.2) is 6.29 Å². The van der Waals surface area contributed by atoms with Crippen molar-refractivity contribution in [1.82, 2.24) is 5.32 Å². The molecule has 1 rings (SSSR count).